The molecule has 1 heterocycles. The van der Waals surface area contributed by atoms with E-state index in [1.807, 2.05) is 0 Å². The van der Waals surface area contributed by atoms with Crippen LogP contribution in [0.5, 0.6) is 11.5 Å². The summed E-state index contributed by atoms with van der Waals surface area (Å²) in [7, 11) is 1.51. The normalized spacial score (nSPS) is 11.2. The first-order valence-corrected chi connectivity index (χ1v) is 5.79. The van der Waals surface area contributed by atoms with Gasteiger partial charge in [-0.05, 0) is 24.3 Å². The van der Waals surface area contributed by atoms with Crippen molar-refractivity contribution >= 4 is 5.84 Å². The van der Waals surface area contributed by atoms with E-state index in [1.165, 1.54) is 7.11 Å². The summed E-state index contributed by atoms with van der Waals surface area (Å²) in [5.41, 5.74) is 6.05. The number of nitrogens with zero attached hydrogens (tertiary/aromatic N) is 3. The minimum Gasteiger partial charge on any atom is -0.493 e. The SMILES string of the molecule is COc1cc(C(N)=NO)ccc1OCc1ncccn1. The lowest BCUT2D eigenvalue weighted by Crippen LogP contribution is -2.13. The molecule has 0 unspecified atom stereocenters. The molecule has 0 aliphatic rings. The predicted octanol–water partition coefficient (Wildman–Crippen LogP) is 1.16. The number of hydrogen-bond donors (Lipinski definition) is 2. The topological polar surface area (TPSA) is 103 Å². The second kappa shape index (κ2) is 6.37. The largest absolute Gasteiger partial charge is 0.493 e. The van der Waals surface area contributed by atoms with E-state index in [0.29, 0.717) is 22.9 Å². The summed E-state index contributed by atoms with van der Waals surface area (Å²) in [6.45, 7) is 0.222. The van der Waals surface area contributed by atoms with E-state index < -0.39 is 0 Å². The molecule has 20 heavy (non-hydrogen) atoms. The Morgan fingerprint density at radius 2 is 2.05 bits per heavy atom. The van der Waals surface area contributed by atoms with Gasteiger partial charge in [-0.25, -0.2) is 9.97 Å². The van der Waals surface area contributed by atoms with Crippen LogP contribution in [-0.4, -0.2) is 28.1 Å². The van der Waals surface area contributed by atoms with Gasteiger partial charge in [-0.1, -0.05) is 5.16 Å². The minimum absolute atomic E-state index is 0.00115. The highest BCUT2D eigenvalue weighted by atomic mass is 16.5. The van der Waals surface area contributed by atoms with Crippen LogP contribution in [0.3, 0.4) is 0 Å². The van der Waals surface area contributed by atoms with Crippen LogP contribution in [0.15, 0.2) is 41.8 Å². The summed E-state index contributed by atoms with van der Waals surface area (Å²) in [4.78, 5) is 8.12. The van der Waals surface area contributed by atoms with Gasteiger partial charge >= 0.3 is 0 Å². The van der Waals surface area contributed by atoms with Crippen molar-refractivity contribution in [3.8, 4) is 11.5 Å². The summed E-state index contributed by atoms with van der Waals surface area (Å²) in [6, 6.07) is 6.69. The number of amidine groups is 1. The van der Waals surface area contributed by atoms with Gasteiger partial charge in [0.15, 0.2) is 23.2 Å². The van der Waals surface area contributed by atoms with Crippen LogP contribution >= 0.6 is 0 Å². The highest BCUT2D eigenvalue weighted by molar-refractivity contribution is 5.97. The summed E-state index contributed by atoms with van der Waals surface area (Å²) < 4.78 is 10.8. The Morgan fingerprint density at radius 3 is 2.70 bits per heavy atom. The Hall–Kier alpha value is -2.83. The van der Waals surface area contributed by atoms with E-state index in [-0.39, 0.29) is 12.4 Å². The first kappa shape index (κ1) is 13.6. The van der Waals surface area contributed by atoms with Gasteiger partial charge in [-0.3, -0.25) is 0 Å². The molecular weight excluding hydrogens is 260 g/mol. The maximum absolute atomic E-state index is 8.65. The van der Waals surface area contributed by atoms with E-state index in [4.69, 9.17) is 20.4 Å². The molecule has 0 saturated carbocycles. The molecule has 0 spiro atoms. The maximum atomic E-state index is 8.65. The lowest BCUT2D eigenvalue weighted by Gasteiger charge is -2.11. The summed E-state index contributed by atoms with van der Waals surface area (Å²) in [5, 5.41) is 11.6. The maximum Gasteiger partial charge on any atom is 0.170 e. The van der Waals surface area contributed by atoms with E-state index in [2.05, 4.69) is 15.1 Å². The van der Waals surface area contributed by atoms with Crippen molar-refractivity contribution in [1.29, 1.82) is 0 Å². The molecule has 0 amide bonds. The molecule has 0 aliphatic carbocycles. The van der Waals surface area contributed by atoms with Crippen LogP contribution in [0, 0.1) is 0 Å². The van der Waals surface area contributed by atoms with Crippen LogP contribution in [0.4, 0.5) is 0 Å². The number of oxime groups is 1. The quantitative estimate of drug-likeness (QED) is 0.367. The Balaban J connectivity index is 2.16. The molecule has 7 heteroatoms. The first-order chi connectivity index (χ1) is 9.74. The number of rotatable bonds is 5. The van der Waals surface area contributed by atoms with Gasteiger partial charge in [0.1, 0.15) is 6.61 Å². The molecule has 104 valence electrons. The van der Waals surface area contributed by atoms with Gasteiger partial charge < -0.3 is 20.4 Å². The molecule has 2 aromatic rings. The average molecular weight is 274 g/mol. The van der Waals surface area contributed by atoms with Crippen molar-refractivity contribution in [1.82, 2.24) is 9.97 Å². The smallest absolute Gasteiger partial charge is 0.170 e. The zero-order chi connectivity index (χ0) is 14.4. The van der Waals surface area contributed by atoms with Gasteiger partial charge in [-0.2, -0.15) is 0 Å². The Labute approximate surface area is 115 Å². The van der Waals surface area contributed by atoms with Gasteiger partial charge in [-0.15, -0.1) is 0 Å². The monoisotopic (exact) mass is 274 g/mol. The van der Waals surface area contributed by atoms with Crippen molar-refractivity contribution < 1.29 is 14.7 Å². The number of methoxy groups -OCH3 is 1. The van der Waals surface area contributed by atoms with Crippen molar-refractivity contribution in [3.63, 3.8) is 0 Å². The highest BCUT2D eigenvalue weighted by Gasteiger charge is 2.09. The molecule has 7 nitrogen and oxygen atoms in total. The van der Waals surface area contributed by atoms with Crippen LogP contribution < -0.4 is 15.2 Å². The van der Waals surface area contributed by atoms with Crippen molar-refractivity contribution in [2.45, 2.75) is 6.61 Å². The van der Waals surface area contributed by atoms with Gasteiger partial charge in [0.2, 0.25) is 0 Å². The Morgan fingerprint density at radius 1 is 1.30 bits per heavy atom. The van der Waals surface area contributed by atoms with Crippen LogP contribution in [0.25, 0.3) is 0 Å². The molecule has 0 aliphatic heterocycles. The molecule has 0 saturated heterocycles. The number of nitrogens with two attached hydrogens (primary N) is 1. The second-order valence-electron chi connectivity index (χ2n) is 3.80. The van der Waals surface area contributed by atoms with Gasteiger partial charge in [0, 0.05) is 18.0 Å². The highest BCUT2D eigenvalue weighted by Crippen LogP contribution is 2.28. The summed E-state index contributed by atoms with van der Waals surface area (Å²) >= 11 is 0. The van der Waals surface area contributed by atoms with Crippen LogP contribution in [0.2, 0.25) is 0 Å². The molecule has 0 bridgehead atoms. The van der Waals surface area contributed by atoms with E-state index >= 15 is 0 Å². The molecule has 1 aromatic carbocycles. The van der Waals surface area contributed by atoms with Gasteiger partial charge in [0.05, 0.1) is 7.11 Å². The molecule has 1 aromatic heterocycles. The fourth-order valence-electron chi connectivity index (χ4n) is 1.55. The van der Waals surface area contributed by atoms with Crippen molar-refractivity contribution in [2.75, 3.05) is 7.11 Å². The fourth-order valence-corrected chi connectivity index (χ4v) is 1.55. The van der Waals surface area contributed by atoms with Crippen LogP contribution in [-0.2, 0) is 6.61 Å². The second-order valence-corrected chi connectivity index (χ2v) is 3.80. The minimum atomic E-state index is 0.00115. The number of benzene rings is 1. The first-order valence-electron chi connectivity index (χ1n) is 5.79. The number of aromatic nitrogens is 2. The van der Waals surface area contributed by atoms with Crippen LogP contribution in [0.1, 0.15) is 11.4 Å². The van der Waals surface area contributed by atoms with Crippen molar-refractivity contribution in [2.24, 2.45) is 10.9 Å². The third-order valence-corrected chi connectivity index (χ3v) is 2.54. The standard InChI is InChI=1S/C13H14N4O3/c1-19-11-7-9(13(14)17-18)3-4-10(11)20-8-12-15-5-2-6-16-12/h2-7,18H,8H2,1H3,(H2,14,17). The number of ether oxygens (including phenoxy) is 2. The molecule has 0 atom stereocenters. The summed E-state index contributed by atoms with van der Waals surface area (Å²) in [6.07, 6.45) is 3.29. The molecule has 0 fully saturated rings. The fraction of sp³-hybridized carbons (Fsp3) is 0.154. The Kier molecular flexibility index (Phi) is 4.33. The molecule has 0 radical (unpaired) electrons. The molecule has 2 rings (SSSR count). The van der Waals surface area contributed by atoms with E-state index in [0.717, 1.165) is 0 Å². The third-order valence-electron chi connectivity index (χ3n) is 2.54. The number of hydrogen-bond acceptors (Lipinski definition) is 6. The molecular formula is C13H14N4O3. The predicted molar refractivity (Wildman–Crippen MR) is 71.9 cm³/mol. The van der Waals surface area contributed by atoms with E-state index in [1.54, 1.807) is 36.7 Å². The third kappa shape index (κ3) is 3.14. The molecule has 3 N–H and O–H groups in total. The van der Waals surface area contributed by atoms with Crippen molar-refractivity contribution in [3.05, 3.63) is 48.0 Å². The zero-order valence-electron chi connectivity index (χ0n) is 10.9. The average Bonchev–Trinajstić information content (AvgIpc) is 2.53. The zero-order valence-corrected chi connectivity index (χ0v) is 10.9. The lowest BCUT2D eigenvalue weighted by atomic mass is 10.2. The van der Waals surface area contributed by atoms with Gasteiger partial charge in [0.25, 0.3) is 0 Å². The Bertz CT molecular complexity index is 602. The summed E-state index contributed by atoms with van der Waals surface area (Å²) in [5.74, 6) is 1.57. The van der Waals surface area contributed by atoms with E-state index in [9.17, 15) is 0 Å². The lowest BCUT2D eigenvalue weighted by molar-refractivity contribution is 0.276.